The van der Waals surface area contributed by atoms with Crippen molar-refractivity contribution in [1.29, 1.82) is 0 Å². The summed E-state index contributed by atoms with van der Waals surface area (Å²) in [6, 6.07) is 37.4. The Morgan fingerprint density at radius 2 is 1.29 bits per heavy atom. The molecule has 0 bridgehead atoms. The molecule has 5 aromatic rings. The molecule has 0 saturated carbocycles. The highest BCUT2D eigenvalue weighted by Gasteiger charge is 2.24. The zero-order valence-electron chi connectivity index (χ0n) is 30.7. The van der Waals surface area contributed by atoms with E-state index in [-0.39, 0.29) is 31.1 Å². The highest BCUT2D eigenvalue weighted by molar-refractivity contribution is 7.97. The van der Waals surface area contributed by atoms with E-state index in [0.717, 1.165) is 21.6 Å². The maximum absolute atomic E-state index is 14.3. The fraction of sp³-hybridized carbons (Fsp3) is 0.273. The predicted octanol–water partition coefficient (Wildman–Crippen LogP) is 10.0. The van der Waals surface area contributed by atoms with Crippen LogP contribution < -0.4 is 9.64 Å². The summed E-state index contributed by atoms with van der Waals surface area (Å²) in [7, 11) is 1.94. The number of ether oxygens (including phenoxy) is 2. The molecule has 6 nitrogen and oxygen atoms in total. The molecule has 0 spiro atoms. The lowest BCUT2D eigenvalue weighted by molar-refractivity contribution is -0.118. The number of carbonyl (C=O) groups excluding carboxylic acids is 2. The zero-order chi connectivity index (χ0) is 36.5. The smallest absolute Gasteiger partial charge is 0.342 e. The van der Waals surface area contributed by atoms with Gasteiger partial charge in [-0.15, -0.1) is 0 Å². The highest BCUT2D eigenvalue weighted by atomic mass is 32.2. The monoisotopic (exact) mass is 700 g/mol. The Balaban J connectivity index is 1.46. The summed E-state index contributed by atoms with van der Waals surface area (Å²) in [5.41, 5.74) is 8.58. The van der Waals surface area contributed by atoms with Crippen molar-refractivity contribution in [2.24, 2.45) is 0 Å². The second kappa shape index (κ2) is 16.9. The number of anilines is 1. The molecular weight excluding hydrogens is 653 g/mol. The van der Waals surface area contributed by atoms with Gasteiger partial charge in [-0.3, -0.25) is 4.79 Å². The lowest BCUT2D eigenvalue weighted by atomic mass is 9.87. The molecule has 51 heavy (non-hydrogen) atoms. The number of rotatable bonds is 13. The third kappa shape index (κ3) is 10.3. The topological polar surface area (TPSA) is 59.1 Å². The van der Waals surface area contributed by atoms with Crippen molar-refractivity contribution < 1.29 is 19.1 Å². The molecule has 0 aliphatic carbocycles. The number of likely N-dealkylation sites (N-methyl/N-ethyl adjacent to an activating group) is 1. The SMILES string of the molecule is Cc1cc(C)c(SN(C)CC(=O)N(Cc2ccc(C(C)(C)C)cc2)c2ccc(C(=O)OCc3ccccc3)c(OCc3ccccc3)c2)c(C)c1. The Morgan fingerprint density at radius 1 is 0.706 bits per heavy atom. The average Bonchev–Trinajstić information content (AvgIpc) is 3.10. The van der Waals surface area contributed by atoms with Crippen molar-refractivity contribution in [2.75, 3.05) is 18.5 Å². The number of esters is 1. The summed E-state index contributed by atoms with van der Waals surface area (Å²) in [6.45, 7) is 13.8. The van der Waals surface area contributed by atoms with Crippen LogP contribution in [0.3, 0.4) is 0 Å². The first kappa shape index (κ1) is 37.4. The van der Waals surface area contributed by atoms with Crippen LogP contribution in [-0.4, -0.2) is 29.8 Å². The van der Waals surface area contributed by atoms with Crippen LogP contribution in [0, 0.1) is 20.8 Å². The van der Waals surface area contributed by atoms with Crippen LogP contribution in [0.1, 0.15) is 70.1 Å². The van der Waals surface area contributed by atoms with E-state index in [0.29, 0.717) is 23.5 Å². The summed E-state index contributed by atoms with van der Waals surface area (Å²) < 4.78 is 14.0. The predicted molar refractivity (Wildman–Crippen MR) is 208 cm³/mol. The number of aryl methyl sites for hydroxylation is 3. The molecule has 0 saturated heterocycles. The summed E-state index contributed by atoms with van der Waals surface area (Å²) >= 11 is 1.58. The van der Waals surface area contributed by atoms with Crippen molar-refractivity contribution in [3.63, 3.8) is 0 Å². The second-order valence-electron chi connectivity index (χ2n) is 14.0. The molecule has 0 unspecified atom stereocenters. The van der Waals surface area contributed by atoms with Gasteiger partial charge >= 0.3 is 5.97 Å². The van der Waals surface area contributed by atoms with Crippen LogP contribution in [0.2, 0.25) is 0 Å². The molecule has 7 heteroatoms. The van der Waals surface area contributed by atoms with Gasteiger partial charge in [-0.1, -0.05) is 123 Å². The van der Waals surface area contributed by atoms with Gasteiger partial charge in [-0.25, -0.2) is 9.10 Å². The lowest BCUT2D eigenvalue weighted by Crippen LogP contribution is -2.37. The van der Waals surface area contributed by atoms with E-state index in [4.69, 9.17) is 9.47 Å². The van der Waals surface area contributed by atoms with Crippen molar-refractivity contribution in [3.8, 4) is 5.75 Å². The summed E-state index contributed by atoms with van der Waals surface area (Å²) in [5, 5.41) is 0. The fourth-order valence-corrected chi connectivity index (χ4v) is 6.79. The number of benzene rings is 5. The van der Waals surface area contributed by atoms with E-state index >= 15 is 0 Å². The highest BCUT2D eigenvalue weighted by Crippen LogP contribution is 2.32. The second-order valence-corrected chi connectivity index (χ2v) is 15.3. The molecule has 0 aliphatic rings. The van der Waals surface area contributed by atoms with Gasteiger partial charge in [0, 0.05) is 16.6 Å². The first-order chi connectivity index (χ1) is 24.4. The van der Waals surface area contributed by atoms with Gasteiger partial charge in [0.05, 0.1) is 13.1 Å². The van der Waals surface area contributed by atoms with Gasteiger partial charge in [-0.2, -0.15) is 0 Å². The van der Waals surface area contributed by atoms with Crippen LogP contribution in [0.4, 0.5) is 5.69 Å². The van der Waals surface area contributed by atoms with E-state index in [9.17, 15) is 9.59 Å². The molecule has 0 aliphatic heterocycles. The maximum atomic E-state index is 14.3. The molecule has 5 aromatic carbocycles. The number of carbonyl (C=O) groups is 2. The molecule has 0 radical (unpaired) electrons. The minimum absolute atomic E-state index is 0.0101. The molecule has 0 fully saturated rings. The van der Waals surface area contributed by atoms with Crippen molar-refractivity contribution >= 4 is 29.5 Å². The minimum atomic E-state index is -0.496. The molecule has 5 rings (SSSR count). The first-order valence-electron chi connectivity index (χ1n) is 17.3. The molecule has 264 valence electrons. The lowest BCUT2D eigenvalue weighted by Gasteiger charge is -2.27. The van der Waals surface area contributed by atoms with Crippen molar-refractivity contribution in [2.45, 2.75) is 71.6 Å². The largest absolute Gasteiger partial charge is 0.488 e. The quantitative estimate of drug-likeness (QED) is 0.0901. The van der Waals surface area contributed by atoms with Crippen molar-refractivity contribution in [3.05, 3.63) is 160 Å². The molecule has 0 aromatic heterocycles. The van der Waals surface area contributed by atoms with E-state index in [1.807, 2.05) is 72.0 Å². The Hall–Kier alpha value is -4.85. The van der Waals surface area contributed by atoms with Gasteiger partial charge < -0.3 is 14.4 Å². The van der Waals surface area contributed by atoms with Gasteiger partial charge in [-0.05, 0) is 90.7 Å². The maximum Gasteiger partial charge on any atom is 0.342 e. The minimum Gasteiger partial charge on any atom is -0.488 e. The zero-order valence-corrected chi connectivity index (χ0v) is 31.6. The van der Waals surface area contributed by atoms with Crippen LogP contribution in [0.5, 0.6) is 5.75 Å². The van der Waals surface area contributed by atoms with Gasteiger partial charge in [0.15, 0.2) is 0 Å². The van der Waals surface area contributed by atoms with Crippen molar-refractivity contribution in [1.82, 2.24) is 4.31 Å². The number of hydrogen-bond acceptors (Lipinski definition) is 6. The molecule has 1 amide bonds. The summed E-state index contributed by atoms with van der Waals surface area (Å²) in [6.07, 6.45) is 0. The Labute approximate surface area is 307 Å². The van der Waals surface area contributed by atoms with Crippen LogP contribution in [0.25, 0.3) is 0 Å². The Morgan fingerprint density at radius 3 is 1.88 bits per heavy atom. The van der Waals surface area contributed by atoms with Crippen LogP contribution in [-0.2, 0) is 34.7 Å². The summed E-state index contributed by atoms with van der Waals surface area (Å²) in [5.74, 6) is -0.228. The van der Waals surface area contributed by atoms with Crippen LogP contribution in [0.15, 0.2) is 120 Å². The molecule has 0 N–H and O–H groups in total. The first-order valence-corrected chi connectivity index (χ1v) is 18.0. The molecule has 0 heterocycles. The average molecular weight is 701 g/mol. The third-order valence-electron chi connectivity index (χ3n) is 8.62. The number of amides is 1. The van der Waals surface area contributed by atoms with E-state index < -0.39 is 5.97 Å². The van der Waals surface area contributed by atoms with Gasteiger partial charge in [0.2, 0.25) is 5.91 Å². The van der Waals surface area contributed by atoms with E-state index in [1.54, 1.807) is 35.0 Å². The number of nitrogens with zero attached hydrogens (tertiary/aromatic N) is 2. The van der Waals surface area contributed by atoms with E-state index in [2.05, 4.69) is 77.9 Å². The van der Waals surface area contributed by atoms with Gasteiger partial charge in [0.1, 0.15) is 24.5 Å². The van der Waals surface area contributed by atoms with Gasteiger partial charge in [0.25, 0.3) is 0 Å². The van der Waals surface area contributed by atoms with Crippen LogP contribution >= 0.6 is 11.9 Å². The normalized spacial score (nSPS) is 11.4. The Kier molecular flexibility index (Phi) is 12.4. The molecule has 0 atom stereocenters. The fourth-order valence-electron chi connectivity index (χ4n) is 5.89. The Bertz CT molecular complexity index is 1910. The number of hydrogen-bond donors (Lipinski definition) is 0. The molecular formula is C44H48N2O4S. The standard InChI is InChI=1S/C44H48N2O4S/c1-31-24-32(2)42(33(3)25-31)51-45(7)28-41(47)46(27-34-18-20-37(21-19-34)44(4,5)6)38-22-23-39(43(48)50-30-36-16-12-9-13-17-36)40(26-38)49-29-35-14-10-8-11-15-35/h8-26H,27-30H2,1-7H3. The summed E-state index contributed by atoms with van der Waals surface area (Å²) in [4.78, 5) is 30.7. The van der Waals surface area contributed by atoms with E-state index in [1.165, 1.54) is 22.3 Å². The third-order valence-corrected chi connectivity index (χ3v) is 9.89.